The Bertz CT molecular complexity index is 450. The van der Waals surface area contributed by atoms with Crippen LogP contribution in [0.2, 0.25) is 0 Å². The van der Waals surface area contributed by atoms with Crippen LogP contribution in [0.3, 0.4) is 0 Å². The molecule has 2 aromatic rings. The summed E-state index contributed by atoms with van der Waals surface area (Å²) in [5.74, 6) is 0. The second kappa shape index (κ2) is 4.40. The first-order valence-corrected chi connectivity index (χ1v) is 6.36. The van der Waals surface area contributed by atoms with Crippen LogP contribution in [-0.4, -0.2) is 16.6 Å². The highest BCUT2D eigenvalue weighted by Crippen LogP contribution is 2.31. The Morgan fingerprint density at radius 3 is 2.93 bits per heavy atom. The van der Waals surface area contributed by atoms with Crippen molar-refractivity contribution >= 4 is 22.7 Å². The summed E-state index contributed by atoms with van der Waals surface area (Å²) in [6.45, 7) is 2.28. The smallest absolute Gasteiger partial charge is 0.123 e. The van der Waals surface area contributed by atoms with Gasteiger partial charge in [-0.05, 0) is 23.9 Å². The van der Waals surface area contributed by atoms with Gasteiger partial charge in [0, 0.05) is 11.9 Å². The molecule has 0 bridgehead atoms. The van der Waals surface area contributed by atoms with Gasteiger partial charge < -0.3 is 10.8 Å². The predicted molar refractivity (Wildman–Crippen MR) is 64.2 cm³/mol. The molecule has 0 amide bonds. The van der Waals surface area contributed by atoms with Gasteiger partial charge >= 0.3 is 0 Å². The molecule has 0 aliphatic rings. The summed E-state index contributed by atoms with van der Waals surface area (Å²) in [6.07, 6.45) is -0.635. The van der Waals surface area contributed by atoms with Gasteiger partial charge in [0.1, 0.15) is 11.1 Å². The zero-order chi connectivity index (χ0) is 10.8. The first-order valence-electron chi connectivity index (χ1n) is 4.60. The van der Waals surface area contributed by atoms with Crippen molar-refractivity contribution in [2.75, 3.05) is 6.54 Å². The topological polar surface area (TPSA) is 59.1 Å². The molecular weight excluding hydrogens is 228 g/mol. The SMILES string of the molecule is Cc1ccsc1-c1csc(C(O)CN)n1. The van der Waals surface area contributed by atoms with Crippen molar-refractivity contribution in [1.29, 1.82) is 0 Å². The maximum absolute atomic E-state index is 9.54. The van der Waals surface area contributed by atoms with Gasteiger partial charge in [-0.2, -0.15) is 0 Å². The molecule has 0 saturated heterocycles. The standard InChI is InChI=1S/C10H12N2OS2/c1-6-2-3-14-9(6)7-5-15-10(12-7)8(13)4-11/h2-3,5,8,13H,4,11H2,1H3. The highest BCUT2D eigenvalue weighted by molar-refractivity contribution is 7.14. The van der Waals surface area contributed by atoms with Crippen LogP contribution in [0.4, 0.5) is 0 Å². The zero-order valence-electron chi connectivity index (χ0n) is 8.30. The van der Waals surface area contributed by atoms with Gasteiger partial charge in [0.2, 0.25) is 0 Å². The molecule has 5 heteroatoms. The number of aryl methyl sites for hydroxylation is 1. The largest absolute Gasteiger partial charge is 0.385 e. The van der Waals surface area contributed by atoms with Gasteiger partial charge in [-0.25, -0.2) is 4.98 Å². The highest BCUT2D eigenvalue weighted by atomic mass is 32.1. The minimum absolute atomic E-state index is 0.219. The van der Waals surface area contributed by atoms with E-state index in [2.05, 4.69) is 18.0 Å². The van der Waals surface area contributed by atoms with E-state index in [-0.39, 0.29) is 6.54 Å². The molecule has 3 nitrogen and oxygen atoms in total. The number of thiazole rings is 1. The average molecular weight is 240 g/mol. The van der Waals surface area contributed by atoms with Crippen molar-refractivity contribution < 1.29 is 5.11 Å². The van der Waals surface area contributed by atoms with Gasteiger partial charge in [0.25, 0.3) is 0 Å². The fourth-order valence-corrected chi connectivity index (χ4v) is 3.05. The summed E-state index contributed by atoms with van der Waals surface area (Å²) < 4.78 is 0. The molecule has 0 radical (unpaired) electrons. The number of aliphatic hydroxyl groups is 1. The second-order valence-electron chi connectivity index (χ2n) is 3.26. The number of aromatic nitrogens is 1. The van der Waals surface area contributed by atoms with Crippen LogP contribution < -0.4 is 5.73 Å². The molecule has 15 heavy (non-hydrogen) atoms. The molecule has 0 aliphatic carbocycles. The summed E-state index contributed by atoms with van der Waals surface area (Å²) in [5, 5.41) is 14.2. The van der Waals surface area contributed by atoms with E-state index in [4.69, 9.17) is 5.73 Å². The monoisotopic (exact) mass is 240 g/mol. The molecule has 0 fully saturated rings. The number of rotatable bonds is 3. The van der Waals surface area contributed by atoms with E-state index in [1.54, 1.807) is 11.3 Å². The number of hydrogen-bond donors (Lipinski definition) is 2. The first-order chi connectivity index (χ1) is 7.22. The van der Waals surface area contributed by atoms with E-state index in [1.165, 1.54) is 21.8 Å². The van der Waals surface area contributed by atoms with Crippen molar-refractivity contribution in [3.63, 3.8) is 0 Å². The van der Waals surface area contributed by atoms with Crippen molar-refractivity contribution in [3.8, 4) is 10.6 Å². The van der Waals surface area contributed by atoms with Crippen LogP contribution in [-0.2, 0) is 0 Å². The van der Waals surface area contributed by atoms with Crippen molar-refractivity contribution in [2.24, 2.45) is 5.73 Å². The lowest BCUT2D eigenvalue weighted by molar-refractivity contribution is 0.186. The van der Waals surface area contributed by atoms with Crippen LogP contribution in [0.25, 0.3) is 10.6 Å². The number of hydrogen-bond acceptors (Lipinski definition) is 5. The fourth-order valence-electron chi connectivity index (χ4n) is 1.28. The summed E-state index contributed by atoms with van der Waals surface area (Å²) in [6, 6.07) is 2.07. The molecule has 2 rings (SSSR count). The maximum Gasteiger partial charge on any atom is 0.123 e. The van der Waals surface area contributed by atoms with Crippen molar-refractivity contribution in [3.05, 3.63) is 27.4 Å². The highest BCUT2D eigenvalue weighted by Gasteiger charge is 2.13. The third kappa shape index (κ3) is 2.10. The van der Waals surface area contributed by atoms with Crippen LogP contribution in [0.5, 0.6) is 0 Å². The maximum atomic E-state index is 9.54. The number of nitrogens with two attached hydrogens (primary N) is 1. The van der Waals surface area contributed by atoms with Crippen molar-refractivity contribution in [2.45, 2.75) is 13.0 Å². The number of thiophene rings is 1. The lowest BCUT2D eigenvalue weighted by atomic mass is 10.2. The van der Waals surface area contributed by atoms with E-state index in [9.17, 15) is 5.11 Å². The molecule has 2 heterocycles. The Kier molecular flexibility index (Phi) is 3.16. The third-order valence-electron chi connectivity index (χ3n) is 2.12. The predicted octanol–water partition coefficient (Wildman–Crippen LogP) is 2.17. The van der Waals surface area contributed by atoms with Crippen LogP contribution in [0.15, 0.2) is 16.8 Å². The molecule has 0 spiro atoms. The lowest BCUT2D eigenvalue weighted by Crippen LogP contribution is -2.10. The molecule has 1 atom stereocenters. The van der Waals surface area contributed by atoms with E-state index < -0.39 is 6.10 Å². The van der Waals surface area contributed by atoms with Crippen LogP contribution in [0, 0.1) is 6.92 Å². The molecule has 0 saturated carbocycles. The Morgan fingerprint density at radius 2 is 2.33 bits per heavy atom. The Balaban J connectivity index is 2.32. The van der Waals surface area contributed by atoms with Gasteiger partial charge in [0.05, 0.1) is 10.6 Å². The van der Waals surface area contributed by atoms with Crippen molar-refractivity contribution in [1.82, 2.24) is 4.98 Å². The summed E-state index contributed by atoms with van der Waals surface area (Å²) >= 11 is 3.12. The molecule has 1 unspecified atom stereocenters. The van der Waals surface area contributed by atoms with Gasteiger partial charge in [-0.3, -0.25) is 0 Å². The quantitative estimate of drug-likeness (QED) is 0.864. The molecular formula is C10H12N2OS2. The summed E-state index contributed by atoms with van der Waals surface area (Å²) in [7, 11) is 0. The van der Waals surface area contributed by atoms with E-state index in [0.29, 0.717) is 5.01 Å². The normalized spacial score (nSPS) is 13.0. The minimum Gasteiger partial charge on any atom is -0.385 e. The Morgan fingerprint density at radius 1 is 1.53 bits per heavy atom. The Hall–Kier alpha value is -0.750. The zero-order valence-corrected chi connectivity index (χ0v) is 9.94. The third-order valence-corrected chi connectivity index (χ3v) is 4.11. The van der Waals surface area contributed by atoms with Gasteiger partial charge in [-0.1, -0.05) is 0 Å². The number of aliphatic hydroxyl groups excluding tert-OH is 1. The Labute approximate surface area is 96.2 Å². The van der Waals surface area contributed by atoms with Crippen LogP contribution in [0.1, 0.15) is 16.7 Å². The van der Waals surface area contributed by atoms with Crippen LogP contribution >= 0.6 is 22.7 Å². The minimum atomic E-state index is -0.635. The van der Waals surface area contributed by atoms with E-state index >= 15 is 0 Å². The summed E-state index contributed by atoms with van der Waals surface area (Å²) in [4.78, 5) is 5.55. The molecule has 2 aromatic heterocycles. The van der Waals surface area contributed by atoms with Gasteiger partial charge in [0.15, 0.2) is 0 Å². The molecule has 80 valence electrons. The van der Waals surface area contributed by atoms with E-state index in [1.807, 2.05) is 10.8 Å². The fraction of sp³-hybridized carbons (Fsp3) is 0.300. The summed E-state index contributed by atoms with van der Waals surface area (Å²) in [5.41, 5.74) is 7.54. The number of nitrogens with zero attached hydrogens (tertiary/aromatic N) is 1. The molecule has 0 aliphatic heterocycles. The second-order valence-corrected chi connectivity index (χ2v) is 5.06. The van der Waals surface area contributed by atoms with Gasteiger partial charge in [-0.15, -0.1) is 22.7 Å². The van der Waals surface area contributed by atoms with E-state index in [0.717, 1.165) is 5.69 Å². The average Bonchev–Trinajstić information content (AvgIpc) is 2.84. The molecule has 3 N–H and O–H groups in total. The first kappa shape index (κ1) is 10.8. The lowest BCUT2D eigenvalue weighted by Gasteiger charge is -2.01. The molecule has 0 aromatic carbocycles.